The summed E-state index contributed by atoms with van der Waals surface area (Å²) in [5, 5.41) is 7.48. The normalized spacial score (nSPS) is 11.8. The molecule has 1 amide bonds. The number of alkyl halides is 5. The van der Waals surface area contributed by atoms with Gasteiger partial charge in [0.2, 0.25) is 0 Å². The van der Waals surface area contributed by atoms with Crippen molar-refractivity contribution >= 4 is 22.9 Å². The van der Waals surface area contributed by atoms with Gasteiger partial charge in [-0.05, 0) is 18.2 Å². The fraction of sp³-hybridized carbons (Fsp3) is 0.188. The summed E-state index contributed by atoms with van der Waals surface area (Å²) < 4.78 is 65.5. The van der Waals surface area contributed by atoms with E-state index in [1.165, 1.54) is 29.4 Å². The molecule has 0 aliphatic rings. The topological polar surface area (TPSA) is 59.8 Å². The predicted octanol–water partition coefficient (Wildman–Crippen LogP) is 4.75. The number of halogens is 5. The Morgan fingerprint density at radius 2 is 2.04 bits per heavy atom. The van der Waals surface area contributed by atoms with E-state index in [1.54, 1.807) is 0 Å². The number of carbonyl (C=O) groups excluding carboxylic acids is 1. The monoisotopic (exact) mass is 402 g/mol. The number of aryl methyl sites for hydroxylation is 1. The number of hydrogen-bond donors (Lipinski definition) is 1. The van der Waals surface area contributed by atoms with Gasteiger partial charge in [-0.25, -0.2) is 13.8 Å². The van der Waals surface area contributed by atoms with Crippen molar-refractivity contribution in [2.45, 2.75) is 12.6 Å². The van der Waals surface area contributed by atoms with Crippen LogP contribution in [0.3, 0.4) is 0 Å². The minimum atomic E-state index is -4.54. The number of hydrogen-bond acceptors (Lipinski definition) is 4. The largest absolute Gasteiger partial charge is 0.416 e. The fourth-order valence-electron chi connectivity index (χ4n) is 2.30. The predicted molar refractivity (Wildman–Crippen MR) is 88.7 cm³/mol. The maximum atomic E-state index is 13.0. The first-order valence-corrected chi connectivity index (χ1v) is 8.29. The van der Waals surface area contributed by atoms with Crippen LogP contribution in [-0.2, 0) is 13.2 Å². The molecular formula is C16H11F5N4OS. The van der Waals surface area contributed by atoms with Crippen molar-refractivity contribution in [2.24, 2.45) is 7.05 Å². The first-order chi connectivity index (χ1) is 12.6. The first-order valence-electron chi connectivity index (χ1n) is 7.41. The maximum absolute atomic E-state index is 13.0. The summed E-state index contributed by atoms with van der Waals surface area (Å²) in [5.74, 6) is -0.751. The van der Waals surface area contributed by atoms with Gasteiger partial charge in [0.1, 0.15) is 16.4 Å². The van der Waals surface area contributed by atoms with E-state index in [-0.39, 0.29) is 22.0 Å². The Morgan fingerprint density at radius 1 is 1.30 bits per heavy atom. The van der Waals surface area contributed by atoms with Crippen molar-refractivity contribution in [3.05, 3.63) is 52.8 Å². The molecule has 0 bridgehead atoms. The van der Waals surface area contributed by atoms with Gasteiger partial charge in [-0.2, -0.15) is 18.3 Å². The highest BCUT2D eigenvalue weighted by atomic mass is 32.1. The van der Waals surface area contributed by atoms with Crippen LogP contribution in [-0.4, -0.2) is 20.7 Å². The molecule has 1 aromatic carbocycles. The molecule has 11 heteroatoms. The van der Waals surface area contributed by atoms with E-state index in [0.29, 0.717) is 0 Å². The maximum Gasteiger partial charge on any atom is 0.416 e. The van der Waals surface area contributed by atoms with Crippen molar-refractivity contribution in [1.82, 2.24) is 14.8 Å². The summed E-state index contributed by atoms with van der Waals surface area (Å²) in [6, 6.07) is 4.14. The van der Waals surface area contributed by atoms with Gasteiger partial charge in [-0.1, -0.05) is 6.07 Å². The number of carbonyl (C=O) groups is 1. The second kappa shape index (κ2) is 7.06. The zero-order valence-electron chi connectivity index (χ0n) is 13.6. The molecule has 3 rings (SSSR count). The summed E-state index contributed by atoms with van der Waals surface area (Å²) in [4.78, 5) is 16.2. The molecular weight excluding hydrogens is 391 g/mol. The lowest BCUT2D eigenvalue weighted by atomic mass is 10.2. The Balaban J connectivity index is 1.82. The zero-order chi connectivity index (χ0) is 19.8. The van der Waals surface area contributed by atoms with Crippen LogP contribution in [0.25, 0.3) is 10.6 Å². The number of rotatable bonds is 4. The Bertz CT molecular complexity index is 979. The lowest BCUT2D eigenvalue weighted by molar-refractivity contribution is -0.137. The van der Waals surface area contributed by atoms with Crippen LogP contribution in [0.2, 0.25) is 0 Å². The first kappa shape index (κ1) is 19.0. The van der Waals surface area contributed by atoms with Crippen LogP contribution in [0.15, 0.2) is 35.8 Å². The molecule has 5 nitrogen and oxygen atoms in total. The lowest BCUT2D eigenvalue weighted by Gasteiger charge is -2.09. The Morgan fingerprint density at radius 3 is 2.70 bits per heavy atom. The number of anilines is 1. The highest BCUT2D eigenvalue weighted by molar-refractivity contribution is 7.13. The van der Waals surface area contributed by atoms with Gasteiger partial charge < -0.3 is 5.32 Å². The van der Waals surface area contributed by atoms with E-state index < -0.39 is 29.8 Å². The second-order valence-electron chi connectivity index (χ2n) is 5.47. The molecule has 27 heavy (non-hydrogen) atoms. The van der Waals surface area contributed by atoms with E-state index in [1.807, 2.05) is 0 Å². The average Bonchev–Trinajstić information content (AvgIpc) is 3.20. The molecule has 0 saturated heterocycles. The highest BCUT2D eigenvalue weighted by Gasteiger charge is 2.30. The molecule has 3 aromatic rings. The van der Waals surface area contributed by atoms with E-state index in [4.69, 9.17) is 0 Å². The summed E-state index contributed by atoms with van der Waals surface area (Å²) in [6.45, 7) is 0. The molecule has 0 atom stereocenters. The summed E-state index contributed by atoms with van der Waals surface area (Å²) >= 11 is 0.955. The number of benzene rings is 1. The average molecular weight is 402 g/mol. The van der Waals surface area contributed by atoms with Crippen LogP contribution in [0.4, 0.5) is 27.6 Å². The van der Waals surface area contributed by atoms with Crippen LogP contribution in [0.5, 0.6) is 0 Å². The Kier molecular flexibility index (Phi) is 4.96. The van der Waals surface area contributed by atoms with E-state index in [2.05, 4.69) is 15.4 Å². The molecule has 0 radical (unpaired) electrons. The van der Waals surface area contributed by atoms with Gasteiger partial charge in [-0.15, -0.1) is 11.3 Å². The van der Waals surface area contributed by atoms with Crippen LogP contribution < -0.4 is 5.32 Å². The lowest BCUT2D eigenvalue weighted by Crippen LogP contribution is -2.13. The van der Waals surface area contributed by atoms with Crippen LogP contribution >= 0.6 is 11.3 Å². The van der Waals surface area contributed by atoms with Crippen molar-refractivity contribution in [2.75, 3.05) is 5.32 Å². The SMILES string of the molecule is Cn1cc(-c2nc(C(=O)Nc3cccc(C(F)(F)F)c3)cs2)c(C(F)F)n1. The quantitative estimate of drug-likeness (QED) is 0.641. The minimum Gasteiger partial charge on any atom is -0.321 e. The van der Waals surface area contributed by atoms with E-state index >= 15 is 0 Å². The molecule has 2 heterocycles. The highest BCUT2D eigenvalue weighted by Crippen LogP contribution is 2.33. The van der Waals surface area contributed by atoms with Crippen LogP contribution in [0.1, 0.15) is 28.2 Å². The smallest absolute Gasteiger partial charge is 0.321 e. The fourth-order valence-corrected chi connectivity index (χ4v) is 3.12. The molecule has 0 saturated carbocycles. The third-order valence-corrected chi connectivity index (χ3v) is 4.35. The Hall–Kier alpha value is -2.82. The third kappa shape index (κ3) is 4.13. The second-order valence-corrected chi connectivity index (χ2v) is 6.33. The van der Waals surface area contributed by atoms with Gasteiger partial charge >= 0.3 is 6.18 Å². The van der Waals surface area contributed by atoms with Gasteiger partial charge in [0.15, 0.2) is 0 Å². The summed E-state index contributed by atoms with van der Waals surface area (Å²) in [6.07, 6.45) is -6.00. The Labute approximate surface area is 153 Å². The molecule has 0 unspecified atom stereocenters. The minimum absolute atomic E-state index is 0.0565. The molecule has 0 spiro atoms. The van der Waals surface area contributed by atoms with Crippen molar-refractivity contribution in [1.29, 1.82) is 0 Å². The standard InChI is InChI=1S/C16H11F5N4OS/c1-25-6-10(12(24-25)13(17)18)15-23-11(7-27-15)14(26)22-9-4-2-3-8(5-9)16(19,20)21/h2-7,13H,1H3,(H,22,26). The summed E-state index contributed by atoms with van der Waals surface area (Å²) in [5.41, 5.74) is -1.43. The van der Waals surface area contributed by atoms with Crippen LogP contribution in [0, 0.1) is 0 Å². The molecule has 0 fully saturated rings. The van der Waals surface area contributed by atoms with Crippen molar-refractivity contribution in [3.63, 3.8) is 0 Å². The van der Waals surface area contributed by atoms with Crippen molar-refractivity contribution < 1.29 is 26.7 Å². The third-order valence-electron chi connectivity index (χ3n) is 3.48. The van der Waals surface area contributed by atoms with Gasteiger partial charge in [-0.3, -0.25) is 9.48 Å². The van der Waals surface area contributed by atoms with Crippen molar-refractivity contribution in [3.8, 4) is 10.6 Å². The number of thiazole rings is 1. The number of nitrogens with zero attached hydrogens (tertiary/aromatic N) is 3. The zero-order valence-corrected chi connectivity index (χ0v) is 14.4. The van der Waals surface area contributed by atoms with E-state index in [0.717, 1.165) is 29.5 Å². The number of amides is 1. The van der Waals surface area contributed by atoms with Gasteiger partial charge in [0.05, 0.1) is 11.1 Å². The van der Waals surface area contributed by atoms with E-state index in [9.17, 15) is 26.7 Å². The summed E-state index contributed by atoms with van der Waals surface area (Å²) in [7, 11) is 1.48. The number of nitrogens with one attached hydrogen (secondary N) is 1. The molecule has 142 valence electrons. The van der Waals surface area contributed by atoms with Gasteiger partial charge in [0.25, 0.3) is 12.3 Å². The number of aromatic nitrogens is 3. The molecule has 0 aliphatic heterocycles. The molecule has 0 aliphatic carbocycles. The van der Waals surface area contributed by atoms with Gasteiger partial charge in [0, 0.05) is 24.3 Å². The molecule has 1 N–H and O–H groups in total. The molecule has 2 aromatic heterocycles.